The molecule has 1 fully saturated rings. The standard InChI is InChI=1S/C14H19N5O4S.ClH/c1-14(7-15)3-4-19(8-14)24(22,23)9-5-10-11(16-6-9)18(2)13(21)17-12(10)20;/h5-6H,3-4,7-8,15H2,1-2H3,(H,17,20,21);1H. The van der Waals surface area contributed by atoms with E-state index in [1.165, 1.54) is 23.6 Å². The van der Waals surface area contributed by atoms with E-state index in [-0.39, 0.29) is 33.8 Å². The summed E-state index contributed by atoms with van der Waals surface area (Å²) in [4.78, 5) is 29.6. The lowest BCUT2D eigenvalue weighted by Gasteiger charge is -2.22. The molecular formula is C14H20ClN5O4S. The van der Waals surface area contributed by atoms with Gasteiger partial charge < -0.3 is 5.73 Å². The largest absolute Gasteiger partial charge is 0.330 e. The molecule has 1 atom stereocenters. The summed E-state index contributed by atoms with van der Waals surface area (Å²) in [7, 11) is -2.32. The van der Waals surface area contributed by atoms with Crippen LogP contribution in [0.1, 0.15) is 13.3 Å². The number of halogens is 1. The van der Waals surface area contributed by atoms with E-state index in [0.29, 0.717) is 26.1 Å². The molecular weight excluding hydrogens is 370 g/mol. The molecule has 1 aliphatic heterocycles. The van der Waals surface area contributed by atoms with Gasteiger partial charge in [0.15, 0.2) is 0 Å². The molecule has 9 nitrogen and oxygen atoms in total. The lowest BCUT2D eigenvalue weighted by atomic mass is 9.90. The number of hydrogen-bond donors (Lipinski definition) is 2. The zero-order valence-electron chi connectivity index (χ0n) is 13.9. The second-order valence-corrected chi connectivity index (χ2v) is 8.40. The van der Waals surface area contributed by atoms with Crippen LogP contribution in [-0.2, 0) is 17.1 Å². The van der Waals surface area contributed by atoms with Crippen molar-refractivity contribution >= 4 is 33.5 Å². The van der Waals surface area contributed by atoms with E-state index in [1.54, 1.807) is 0 Å². The van der Waals surface area contributed by atoms with Crippen LogP contribution in [0.4, 0.5) is 0 Å². The average Bonchev–Trinajstić information content (AvgIpc) is 2.96. The van der Waals surface area contributed by atoms with E-state index in [2.05, 4.69) is 9.97 Å². The summed E-state index contributed by atoms with van der Waals surface area (Å²) in [5.41, 5.74) is 4.35. The molecule has 138 valence electrons. The summed E-state index contributed by atoms with van der Waals surface area (Å²) in [6, 6.07) is 1.26. The molecule has 1 aliphatic rings. The number of nitrogens with two attached hydrogens (primary N) is 1. The van der Waals surface area contributed by atoms with E-state index in [4.69, 9.17) is 5.73 Å². The number of nitrogens with zero attached hydrogens (tertiary/aromatic N) is 3. The van der Waals surface area contributed by atoms with Crippen molar-refractivity contribution in [3.8, 4) is 0 Å². The molecule has 0 spiro atoms. The number of pyridine rings is 1. The number of hydrogen-bond acceptors (Lipinski definition) is 6. The third-order valence-corrected chi connectivity index (χ3v) is 6.39. The Balaban J connectivity index is 0.00000225. The van der Waals surface area contributed by atoms with Crippen LogP contribution in [0.25, 0.3) is 11.0 Å². The van der Waals surface area contributed by atoms with Gasteiger partial charge in [0.2, 0.25) is 10.0 Å². The molecule has 0 amide bonds. The van der Waals surface area contributed by atoms with Gasteiger partial charge >= 0.3 is 5.69 Å². The number of sulfonamides is 1. The number of nitrogens with one attached hydrogen (secondary N) is 1. The maximum atomic E-state index is 12.8. The summed E-state index contributed by atoms with van der Waals surface area (Å²) >= 11 is 0. The third-order valence-electron chi connectivity index (χ3n) is 4.58. The molecule has 3 rings (SSSR count). The number of aromatic nitrogens is 3. The Morgan fingerprint density at radius 1 is 1.40 bits per heavy atom. The Labute approximate surface area is 150 Å². The van der Waals surface area contributed by atoms with Crippen LogP contribution < -0.4 is 17.0 Å². The molecule has 11 heteroatoms. The quantitative estimate of drug-likeness (QED) is 0.720. The number of H-pyrrole nitrogens is 1. The smallest absolute Gasteiger partial charge is 0.329 e. The Bertz CT molecular complexity index is 1030. The highest BCUT2D eigenvalue weighted by molar-refractivity contribution is 7.89. The van der Waals surface area contributed by atoms with Crippen molar-refractivity contribution in [3.05, 3.63) is 33.1 Å². The summed E-state index contributed by atoms with van der Waals surface area (Å²) < 4.78 is 28.1. The minimum Gasteiger partial charge on any atom is -0.330 e. The van der Waals surface area contributed by atoms with Crippen LogP contribution in [0.15, 0.2) is 26.7 Å². The predicted octanol–water partition coefficient (Wildman–Crippen LogP) is -0.597. The van der Waals surface area contributed by atoms with Crippen molar-refractivity contribution in [3.63, 3.8) is 0 Å². The fourth-order valence-electron chi connectivity index (χ4n) is 2.86. The van der Waals surface area contributed by atoms with Gasteiger partial charge in [0, 0.05) is 26.3 Å². The van der Waals surface area contributed by atoms with Crippen molar-refractivity contribution < 1.29 is 8.42 Å². The SMILES string of the molecule is Cl.Cn1c(=O)[nH]c(=O)c2cc(S(=O)(=O)N3CCC(C)(CN)C3)cnc21. The van der Waals surface area contributed by atoms with E-state index in [9.17, 15) is 18.0 Å². The Kier molecular flexibility index (Phi) is 5.11. The van der Waals surface area contributed by atoms with Crippen LogP contribution in [0, 0.1) is 5.41 Å². The monoisotopic (exact) mass is 389 g/mol. The topological polar surface area (TPSA) is 131 Å². The van der Waals surface area contributed by atoms with Gasteiger partial charge in [-0.15, -0.1) is 12.4 Å². The predicted molar refractivity (Wildman–Crippen MR) is 95.4 cm³/mol. The van der Waals surface area contributed by atoms with Gasteiger partial charge in [-0.1, -0.05) is 6.92 Å². The summed E-state index contributed by atoms with van der Waals surface area (Å²) in [5, 5.41) is 0.0546. The van der Waals surface area contributed by atoms with E-state index in [0.717, 1.165) is 4.57 Å². The van der Waals surface area contributed by atoms with E-state index in [1.807, 2.05) is 6.92 Å². The summed E-state index contributed by atoms with van der Waals surface area (Å²) in [6.45, 7) is 3.05. The van der Waals surface area contributed by atoms with Crippen molar-refractivity contribution in [2.45, 2.75) is 18.2 Å². The molecule has 0 aromatic carbocycles. The molecule has 0 bridgehead atoms. The average molecular weight is 390 g/mol. The number of rotatable bonds is 3. The summed E-state index contributed by atoms with van der Waals surface area (Å²) in [6.07, 6.45) is 1.85. The van der Waals surface area contributed by atoms with Crippen LogP contribution >= 0.6 is 12.4 Å². The highest BCUT2D eigenvalue weighted by atomic mass is 35.5. The van der Waals surface area contributed by atoms with Crippen molar-refractivity contribution in [1.29, 1.82) is 0 Å². The van der Waals surface area contributed by atoms with Crippen LogP contribution in [-0.4, -0.2) is 46.9 Å². The Hall–Kier alpha value is -1.75. The van der Waals surface area contributed by atoms with Crippen molar-refractivity contribution in [2.75, 3.05) is 19.6 Å². The lowest BCUT2D eigenvalue weighted by molar-refractivity contribution is 0.349. The van der Waals surface area contributed by atoms with Gasteiger partial charge in [-0.05, 0) is 24.4 Å². The Morgan fingerprint density at radius 2 is 2.08 bits per heavy atom. The molecule has 0 saturated carbocycles. The van der Waals surface area contributed by atoms with Gasteiger partial charge in [0.05, 0.1) is 5.39 Å². The van der Waals surface area contributed by atoms with E-state index < -0.39 is 21.3 Å². The molecule has 2 aromatic heterocycles. The first-order chi connectivity index (χ1) is 11.2. The van der Waals surface area contributed by atoms with E-state index >= 15 is 0 Å². The number of aryl methyl sites for hydroxylation is 1. The second-order valence-electron chi connectivity index (χ2n) is 6.46. The Morgan fingerprint density at radius 3 is 2.68 bits per heavy atom. The van der Waals surface area contributed by atoms with Gasteiger partial charge in [0.1, 0.15) is 10.5 Å². The molecule has 3 heterocycles. The second kappa shape index (κ2) is 6.52. The summed E-state index contributed by atoms with van der Waals surface area (Å²) in [5.74, 6) is 0. The molecule has 2 aromatic rings. The van der Waals surface area contributed by atoms with Gasteiger partial charge in [0.25, 0.3) is 5.56 Å². The maximum Gasteiger partial charge on any atom is 0.329 e. The van der Waals surface area contributed by atoms with Crippen LogP contribution in [0.5, 0.6) is 0 Å². The highest BCUT2D eigenvalue weighted by Crippen LogP contribution is 2.32. The molecule has 25 heavy (non-hydrogen) atoms. The fraction of sp³-hybridized carbons (Fsp3) is 0.500. The van der Waals surface area contributed by atoms with Gasteiger partial charge in [-0.25, -0.2) is 18.2 Å². The van der Waals surface area contributed by atoms with Crippen molar-refractivity contribution in [2.24, 2.45) is 18.2 Å². The van der Waals surface area contributed by atoms with Crippen LogP contribution in [0.2, 0.25) is 0 Å². The first-order valence-electron chi connectivity index (χ1n) is 7.47. The maximum absolute atomic E-state index is 12.8. The molecule has 3 N–H and O–H groups in total. The first-order valence-corrected chi connectivity index (χ1v) is 8.91. The minimum atomic E-state index is -3.78. The fourth-order valence-corrected chi connectivity index (χ4v) is 4.42. The van der Waals surface area contributed by atoms with Crippen molar-refractivity contribution in [1.82, 2.24) is 18.8 Å². The minimum absolute atomic E-state index is 0. The zero-order chi connectivity index (χ0) is 17.7. The molecule has 0 radical (unpaired) electrons. The normalized spacial score (nSPS) is 21.4. The lowest BCUT2D eigenvalue weighted by Crippen LogP contribution is -2.35. The zero-order valence-corrected chi connectivity index (χ0v) is 15.5. The van der Waals surface area contributed by atoms with Gasteiger partial charge in [-0.3, -0.25) is 14.3 Å². The first kappa shape index (κ1) is 19.6. The molecule has 0 aliphatic carbocycles. The van der Waals surface area contributed by atoms with Crippen LogP contribution in [0.3, 0.4) is 0 Å². The molecule has 1 unspecified atom stereocenters. The third kappa shape index (κ3) is 3.22. The highest BCUT2D eigenvalue weighted by Gasteiger charge is 2.39. The number of aromatic amines is 1. The molecule has 1 saturated heterocycles. The number of fused-ring (bicyclic) bond motifs is 1. The van der Waals surface area contributed by atoms with Gasteiger partial charge in [-0.2, -0.15) is 4.31 Å².